The lowest BCUT2D eigenvalue weighted by atomic mass is 10.2. The van der Waals surface area contributed by atoms with Crippen molar-refractivity contribution in [1.29, 1.82) is 0 Å². The molecule has 0 aliphatic rings. The van der Waals surface area contributed by atoms with Crippen LogP contribution in [0.3, 0.4) is 0 Å². The van der Waals surface area contributed by atoms with Gasteiger partial charge in [-0.3, -0.25) is 4.79 Å². The number of aromatic amines is 1. The normalized spacial score (nSPS) is 10.3. The van der Waals surface area contributed by atoms with Crippen molar-refractivity contribution < 1.29 is 19.1 Å². The zero-order chi connectivity index (χ0) is 14.0. The van der Waals surface area contributed by atoms with Crippen molar-refractivity contribution in [2.45, 2.75) is 6.92 Å². The van der Waals surface area contributed by atoms with Gasteiger partial charge in [0.15, 0.2) is 0 Å². The Morgan fingerprint density at radius 3 is 2.58 bits per heavy atom. The highest BCUT2D eigenvalue weighted by atomic mass is 16.5. The Balaban J connectivity index is 2.74. The Morgan fingerprint density at radius 1 is 1.26 bits per heavy atom. The van der Waals surface area contributed by atoms with E-state index in [1.807, 2.05) is 0 Å². The number of fused-ring (bicyclic) bond motifs is 1. The van der Waals surface area contributed by atoms with Gasteiger partial charge in [0, 0.05) is 6.92 Å². The average Bonchev–Trinajstić information content (AvgIpc) is 2.76. The molecular formula is C13H14N2O4. The fourth-order valence-electron chi connectivity index (χ4n) is 1.94. The fourth-order valence-corrected chi connectivity index (χ4v) is 1.94. The van der Waals surface area contributed by atoms with E-state index in [1.165, 1.54) is 21.1 Å². The predicted molar refractivity (Wildman–Crippen MR) is 70.5 cm³/mol. The van der Waals surface area contributed by atoms with Crippen LogP contribution in [-0.4, -0.2) is 31.1 Å². The fraction of sp³-hybridized carbons (Fsp3) is 0.231. The van der Waals surface area contributed by atoms with Crippen LogP contribution in [0.5, 0.6) is 5.75 Å². The van der Waals surface area contributed by atoms with Gasteiger partial charge in [0.1, 0.15) is 11.4 Å². The Labute approximate surface area is 109 Å². The summed E-state index contributed by atoms with van der Waals surface area (Å²) in [7, 11) is 2.81. The molecule has 6 nitrogen and oxygen atoms in total. The summed E-state index contributed by atoms with van der Waals surface area (Å²) < 4.78 is 9.95. The smallest absolute Gasteiger partial charge is 0.356 e. The quantitative estimate of drug-likeness (QED) is 0.828. The summed E-state index contributed by atoms with van der Waals surface area (Å²) in [6.07, 6.45) is 0. The van der Waals surface area contributed by atoms with Gasteiger partial charge in [-0.2, -0.15) is 0 Å². The van der Waals surface area contributed by atoms with Crippen LogP contribution in [0.25, 0.3) is 10.9 Å². The van der Waals surface area contributed by atoms with Crippen molar-refractivity contribution in [3.63, 3.8) is 0 Å². The molecule has 19 heavy (non-hydrogen) atoms. The van der Waals surface area contributed by atoms with Gasteiger partial charge in [-0.15, -0.1) is 0 Å². The summed E-state index contributed by atoms with van der Waals surface area (Å²) in [6, 6.07) is 5.33. The van der Waals surface area contributed by atoms with Gasteiger partial charge in [0.2, 0.25) is 5.91 Å². The number of hydrogen-bond donors (Lipinski definition) is 2. The lowest BCUT2D eigenvalue weighted by Crippen LogP contribution is -2.11. The van der Waals surface area contributed by atoms with E-state index >= 15 is 0 Å². The molecule has 0 spiro atoms. The molecule has 2 N–H and O–H groups in total. The van der Waals surface area contributed by atoms with Gasteiger partial charge in [0.05, 0.1) is 30.8 Å². The van der Waals surface area contributed by atoms with Gasteiger partial charge in [-0.1, -0.05) is 6.07 Å². The van der Waals surface area contributed by atoms with E-state index < -0.39 is 5.97 Å². The average molecular weight is 262 g/mol. The van der Waals surface area contributed by atoms with Crippen LogP contribution in [0.15, 0.2) is 18.2 Å². The second kappa shape index (κ2) is 5.01. The van der Waals surface area contributed by atoms with Crippen molar-refractivity contribution in [3.8, 4) is 5.75 Å². The van der Waals surface area contributed by atoms with Crippen LogP contribution in [-0.2, 0) is 9.53 Å². The lowest BCUT2D eigenvalue weighted by Gasteiger charge is -2.06. The maximum atomic E-state index is 11.7. The molecule has 0 atom stereocenters. The highest BCUT2D eigenvalue weighted by Crippen LogP contribution is 2.35. The Bertz CT molecular complexity index is 645. The van der Waals surface area contributed by atoms with Crippen LogP contribution in [0.4, 0.5) is 5.69 Å². The monoisotopic (exact) mass is 262 g/mol. The number of rotatable bonds is 3. The number of H-pyrrole nitrogens is 1. The van der Waals surface area contributed by atoms with Crippen LogP contribution in [0, 0.1) is 0 Å². The van der Waals surface area contributed by atoms with Gasteiger partial charge >= 0.3 is 5.97 Å². The number of ether oxygens (including phenoxy) is 2. The molecule has 100 valence electrons. The van der Waals surface area contributed by atoms with Crippen LogP contribution in [0.1, 0.15) is 17.4 Å². The first kappa shape index (κ1) is 12.9. The molecule has 0 aliphatic heterocycles. The molecule has 2 rings (SSSR count). The Kier molecular flexibility index (Phi) is 3.41. The molecule has 0 bridgehead atoms. The number of nitrogens with one attached hydrogen (secondary N) is 2. The highest BCUT2D eigenvalue weighted by molar-refractivity contribution is 6.12. The first-order valence-electron chi connectivity index (χ1n) is 5.63. The van der Waals surface area contributed by atoms with Crippen molar-refractivity contribution in [2.75, 3.05) is 19.5 Å². The molecule has 1 heterocycles. The van der Waals surface area contributed by atoms with Crippen molar-refractivity contribution in [2.24, 2.45) is 0 Å². The summed E-state index contributed by atoms with van der Waals surface area (Å²) in [6.45, 7) is 1.37. The standard InChI is InChI=1S/C13H14N2O4/c1-7(16)14-11-10-8(5-4-6-9(10)18-2)15-12(11)13(17)19-3/h4-6,15H,1-3H3,(H,14,16). The van der Waals surface area contributed by atoms with E-state index in [2.05, 4.69) is 10.3 Å². The zero-order valence-corrected chi connectivity index (χ0v) is 10.9. The number of carbonyl (C=O) groups is 2. The SMILES string of the molecule is COC(=O)c1[nH]c2cccc(OC)c2c1NC(C)=O. The van der Waals surface area contributed by atoms with E-state index in [-0.39, 0.29) is 11.6 Å². The minimum atomic E-state index is -0.554. The number of aromatic nitrogens is 1. The Morgan fingerprint density at radius 2 is 2.00 bits per heavy atom. The second-order valence-corrected chi connectivity index (χ2v) is 3.93. The van der Waals surface area contributed by atoms with E-state index in [0.717, 1.165) is 0 Å². The number of amides is 1. The number of hydrogen-bond acceptors (Lipinski definition) is 4. The summed E-state index contributed by atoms with van der Waals surface area (Å²) in [5.74, 6) is -0.272. The third-order valence-electron chi connectivity index (χ3n) is 2.70. The molecule has 0 unspecified atom stereocenters. The Hall–Kier alpha value is -2.50. The molecule has 2 aromatic rings. The summed E-state index contributed by atoms with van der Waals surface area (Å²) in [5.41, 5.74) is 1.24. The van der Waals surface area contributed by atoms with E-state index in [0.29, 0.717) is 22.3 Å². The number of methoxy groups -OCH3 is 2. The zero-order valence-electron chi connectivity index (χ0n) is 10.9. The molecule has 0 aliphatic carbocycles. The van der Waals surface area contributed by atoms with Gasteiger partial charge < -0.3 is 19.8 Å². The van der Waals surface area contributed by atoms with Gasteiger partial charge in [-0.05, 0) is 12.1 Å². The van der Waals surface area contributed by atoms with Crippen molar-refractivity contribution in [1.82, 2.24) is 4.98 Å². The summed E-state index contributed by atoms with van der Waals surface area (Å²) >= 11 is 0. The maximum Gasteiger partial charge on any atom is 0.356 e. The molecule has 0 saturated carbocycles. The molecule has 6 heteroatoms. The minimum Gasteiger partial charge on any atom is -0.496 e. The maximum absolute atomic E-state index is 11.7. The summed E-state index contributed by atoms with van der Waals surface area (Å²) in [4.78, 5) is 26.0. The molecule has 1 amide bonds. The first-order valence-corrected chi connectivity index (χ1v) is 5.63. The van der Waals surface area contributed by atoms with Gasteiger partial charge in [-0.25, -0.2) is 4.79 Å². The number of esters is 1. The molecule has 0 radical (unpaired) electrons. The van der Waals surface area contributed by atoms with Crippen LogP contribution >= 0.6 is 0 Å². The van der Waals surface area contributed by atoms with Crippen LogP contribution in [0.2, 0.25) is 0 Å². The van der Waals surface area contributed by atoms with Crippen LogP contribution < -0.4 is 10.1 Å². The van der Waals surface area contributed by atoms with E-state index in [4.69, 9.17) is 9.47 Å². The molecule has 0 saturated heterocycles. The number of anilines is 1. The van der Waals surface area contributed by atoms with E-state index in [9.17, 15) is 9.59 Å². The highest BCUT2D eigenvalue weighted by Gasteiger charge is 2.21. The molecule has 0 fully saturated rings. The lowest BCUT2D eigenvalue weighted by molar-refractivity contribution is -0.114. The minimum absolute atomic E-state index is 0.192. The largest absolute Gasteiger partial charge is 0.496 e. The molecular weight excluding hydrogens is 248 g/mol. The second-order valence-electron chi connectivity index (χ2n) is 3.93. The molecule has 1 aromatic heterocycles. The first-order chi connectivity index (χ1) is 9.08. The van der Waals surface area contributed by atoms with E-state index in [1.54, 1.807) is 18.2 Å². The number of benzene rings is 1. The third-order valence-corrected chi connectivity index (χ3v) is 2.70. The third kappa shape index (κ3) is 2.24. The van der Waals surface area contributed by atoms with Crippen molar-refractivity contribution in [3.05, 3.63) is 23.9 Å². The van der Waals surface area contributed by atoms with Gasteiger partial charge in [0.25, 0.3) is 0 Å². The molecule has 1 aromatic carbocycles. The van der Waals surface area contributed by atoms with Crippen molar-refractivity contribution >= 4 is 28.5 Å². The summed E-state index contributed by atoms with van der Waals surface area (Å²) in [5, 5.41) is 3.27. The topological polar surface area (TPSA) is 80.4 Å². The number of carbonyl (C=O) groups excluding carboxylic acids is 2. The predicted octanol–water partition coefficient (Wildman–Crippen LogP) is 1.92.